The second-order valence-corrected chi connectivity index (χ2v) is 21.0. The van der Waals surface area contributed by atoms with Crippen LogP contribution in [0.1, 0.15) is 251 Å². The number of hydrogen-bond donors (Lipinski definition) is 2. The van der Waals surface area contributed by atoms with E-state index in [2.05, 4.69) is 43.5 Å². The third-order valence-corrected chi connectivity index (χ3v) is 13.0. The smallest absolute Gasteiger partial charge is 0.268 e. The summed E-state index contributed by atoms with van der Waals surface area (Å²) in [4.78, 5) is 25.4. The number of likely N-dealkylation sites (N-methyl/N-ethyl adjacent to an activating group) is 1. The fraction of sp³-hybridized carbons (Fsp3) is 0.870. The number of phosphoric acid groups is 1. The Morgan fingerprint density at radius 2 is 0.889 bits per heavy atom. The van der Waals surface area contributed by atoms with Gasteiger partial charge in [0.25, 0.3) is 7.82 Å². The molecule has 0 heterocycles. The quantitative estimate of drug-likeness (QED) is 0.0272. The Hall–Kier alpha value is -1.28. The fourth-order valence-corrected chi connectivity index (χ4v) is 8.53. The number of allylic oxidation sites excluding steroid dienone is 5. The number of hydrogen-bond acceptors (Lipinski definition) is 6. The molecule has 0 rings (SSSR count). The summed E-state index contributed by atoms with van der Waals surface area (Å²) in [6, 6.07) is -0.905. The number of nitrogens with one attached hydrogen (secondary N) is 1. The maximum Gasteiger partial charge on any atom is 0.268 e. The van der Waals surface area contributed by atoms with Gasteiger partial charge in [0.1, 0.15) is 13.2 Å². The highest BCUT2D eigenvalue weighted by Gasteiger charge is 2.23. The van der Waals surface area contributed by atoms with E-state index >= 15 is 0 Å². The first kappa shape index (κ1) is 61.7. The molecule has 0 aromatic carbocycles. The van der Waals surface area contributed by atoms with Crippen LogP contribution in [0.5, 0.6) is 0 Å². The minimum Gasteiger partial charge on any atom is -0.756 e. The zero-order valence-corrected chi connectivity index (χ0v) is 43.2. The number of carbonyl (C=O) groups excluding carboxylic acids is 1. The summed E-state index contributed by atoms with van der Waals surface area (Å²) in [5, 5.41) is 13.8. The minimum absolute atomic E-state index is 0.00676. The molecule has 0 saturated heterocycles. The Morgan fingerprint density at radius 1 is 0.540 bits per heavy atom. The molecule has 63 heavy (non-hydrogen) atoms. The summed E-state index contributed by atoms with van der Waals surface area (Å²) in [6.45, 7) is 4.65. The van der Waals surface area contributed by atoms with Crippen LogP contribution < -0.4 is 10.2 Å². The Morgan fingerprint density at radius 3 is 1.29 bits per heavy atom. The van der Waals surface area contributed by atoms with Gasteiger partial charge in [0, 0.05) is 6.42 Å². The van der Waals surface area contributed by atoms with Crippen molar-refractivity contribution < 1.29 is 32.9 Å². The van der Waals surface area contributed by atoms with Gasteiger partial charge < -0.3 is 28.8 Å². The fourth-order valence-electron chi connectivity index (χ4n) is 7.81. The van der Waals surface area contributed by atoms with Gasteiger partial charge in [-0.1, -0.05) is 224 Å². The van der Waals surface area contributed by atoms with Gasteiger partial charge in [-0.25, -0.2) is 0 Å². The molecular formula is C54H105N2O6P. The molecule has 2 N–H and O–H groups in total. The van der Waals surface area contributed by atoms with Gasteiger partial charge in [0.05, 0.1) is 39.9 Å². The normalized spacial score (nSPS) is 14.3. The van der Waals surface area contributed by atoms with E-state index in [0.717, 1.165) is 38.5 Å². The average Bonchev–Trinajstić information content (AvgIpc) is 3.24. The highest BCUT2D eigenvalue weighted by atomic mass is 31.2. The molecule has 0 fully saturated rings. The van der Waals surface area contributed by atoms with Crippen LogP contribution in [0.25, 0.3) is 0 Å². The lowest BCUT2D eigenvalue weighted by Crippen LogP contribution is -2.45. The summed E-state index contributed by atoms with van der Waals surface area (Å²) >= 11 is 0. The van der Waals surface area contributed by atoms with Crippen molar-refractivity contribution in [1.29, 1.82) is 0 Å². The van der Waals surface area contributed by atoms with Crippen molar-refractivity contribution in [3.8, 4) is 0 Å². The van der Waals surface area contributed by atoms with Crippen LogP contribution in [0.4, 0.5) is 0 Å². The van der Waals surface area contributed by atoms with Crippen molar-refractivity contribution in [2.75, 3.05) is 40.9 Å². The molecule has 0 spiro atoms. The third-order valence-electron chi connectivity index (χ3n) is 12.1. The van der Waals surface area contributed by atoms with Gasteiger partial charge >= 0.3 is 0 Å². The Kier molecular flexibility index (Phi) is 44.9. The molecule has 372 valence electrons. The zero-order chi connectivity index (χ0) is 46.4. The molecule has 3 atom stereocenters. The summed E-state index contributed by atoms with van der Waals surface area (Å²) < 4.78 is 23.3. The lowest BCUT2D eigenvalue weighted by Gasteiger charge is -2.29. The summed E-state index contributed by atoms with van der Waals surface area (Å²) in [7, 11) is 1.25. The van der Waals surface area contributed by atoms with Crippen molar-refractivity contribution >= 4 is 13.7 Å². The molecule has 0 bridgehead atoms. The first-order valence-corrected chi connectivity index (χ1v) is 28.3. The van der Waals surface area contributed by atoms with E-state index in [1.54, 1.807) is 6.08 Å². The second kappa shape index (κ2) is 45.9. The highest BCUT2D eigenvalue weighted by molar-refractivity contribution is 7.45. The lowest BCUT2D eigenvalue weighted by atomic mass is 10.0. The van der Waals surface area contributed by atoms with Gasteiger partial charge in [-0.3, -0.25) is 9.36 Å². The van der Waals surface area contributed by atoms with Crippen LogP contribution in [0.2, 0.25) is 0 Å². The number of amides is 1. The van der Waals surface area contributed by atoms with Crippen molar-refractivity contribution in [3.63, 3.8) is 0 Å². The van der Waals surface area contributed by atoms with Crippen LogP contribution in [0.15, 0.2) is 36.5 Å². The van der Waals surface area contributed by atoms with Gasteiger partial charge in [0.15, 0.2) is 0 Å². The van der Waals surface area contributed by atoms with Crippen LogP contribution in [0, 0.1) is 0 Å². The monoisotopic (exact) mass is 909 g/mol. The standard InChI is InChI=1S/C54H105N2O6P/c1-6-8-10-12-14-16-18-20-22-24-26-27-28-30-32-34-36-38-40-42-44-46-48-54(58)55-52(51-62-63(59,60)61-50-49-56(3,4)5)53(57)47-45-43-41-39-37-35-33-31-29-25-23-21-19-17-15-13-11-9-7-2/h28,30,37,39,45,47,52-53,57H,6-27,29,31-36,38,40-44,46,48-51H2,1-5H3,(H-,55,58,59,60)/b30-28-,39-37+,47-45+. The summed E-state index contributed by atoms with van der Waals surface area (Å²) in [5.41, 5.74) is 0. The maximum atomic E-state index is 12.9. The van der Waals surface area contributed by atoms with Crippen LogP contribution >= 0.6 is 7.82 Å². The SMILES string of the molecule is CCCCCCCCCCCCC/C=C\CCCCCCCCCC(=O)NC(COP(=O)([O-])OCC[N+](C)(C)C)C(O)/C=C/CC/C=C/CCCCCCCCCCCCCCC. The molecule has 0 aliphatic heterocycles. The summed E-state index contributed by atoms with van der Waals surface area (Å²) in [6.07, 6.45) is 57.8. The number of nitrogens with zero attached hydrogens (tertiary/aromatic N) is 1. The summed E-state index contributed by atoms with van der Waals surface area (Å²) in [5.74, 6) is -0.209. The number of carbonyl (C=O) groups is 1. The first-order valence-electron chi connectivity index (χ1n) is 26.9. The Labute approximate surface area is 391 Å². The van der Waals surface area contributed by atoms with E-state index in [9.17, 15) is 19.4 Å². The van der Waals surface area contributed by atoms with E-state index in [0.29, 0.717) is 17.4 Å². The van der Waals surface area contributed by atoms with E-state index in [-0.39, 0.29) is 12.5 Å². The molecule has 0 aromatic rings. The average molecular weight is 909 g/mol. The Balaban J connectivity index is 4.31. The number of aliphatic hydroxyl groups is 1. The molecule has 1 amide bonds. The molecular weight excluding hydrogens is 804 g/mol. The predicted octanol–water partition coefficient (Wildman–Crippen LogP) is 15.2. The molecule has 0 aliphatic carbocycles. The molecule has 0 radical (unpaired) electrons. The maximum absolute atomic E-state index is 12.9. The second-order valence-electron chi connectivity index (χ2n) is 19.6. The van der Waals surface area contributed by atoms with E-state index < -0.39 is 26.6 Å². The number of unbranched alkanes of at least 4 members (excludes halogenated alkanes) is 32. The van der Waals surface area contributed by atoms with Crippen molar-refractivity contribution in [3.05, 3.63) is 36.5 Å². The molecule has 0 aromatic heterocycles. The topological polar surface area (TPSA) is 108 Å². The van der Waals surface area contributed by atoms with Crippen LogP contribution in [-0.4, -0.2) is 68.5 Å². The molecule has 9 heteroatoms. The van der Waals surface area contributed by atoms with E-state index in [1.165, 1.54) is 193 Å². The molecule has 3 unspecified atom stereocenters. The first-order chi connectivity index (χ1) is 30.5. The predicted molar refractivity (Wildman–Crippen MR) is 270 cm³/mol. The van der Waals surface area contributed by atoms with E-state index in [1.807, 2.05) is 27.2 Å². The largest absolute Gasteiger partial charge is 0.756 e. The van der Waals surface area contributed by atoms with Gasteiger partial charge in [-0.2, -0.15) is 0 Å². The van der Waals surface area contributed by atoms with E-state index in [4.69, 9.17) is 9.05 Å². The van der Waals surface area contributed by atoms with Crippen LogP contribution in [-0.2, 0) is 18.4 Å². The van der Waals surface area contributed by atoms with Crippen LogP contribution in [0.3, 0.4) is 0 Å². The minimum atomic E-state index is -4.60. The van der Waals surface area contributed by atoms with Gasteiger partial charge in [0.2, 0.25) is 5.91 Å². The zero-order valence-electron chi connectivity index (χ0n) is 42.3. The van der Waals surface area contributed by atoms with Crippen molar-refractivity contribution in [1.82, 2.24) is 5.32 Å². The van der Waals surface area contributed by atoms with Crippen molar-refractivity contribution in [2.24, 2.45) is 0 Å². The third kappa shape index (κ3) is 48.5. The Bertz CT molecular complexity index is 1120. The molecule has 0 aliphatic rings. The number of quaternary nitrogens is 1. The molecule has 8 nitrogen and oxygen atoms in total. The van der Waals surface area contributed by atoms with Crippen molar-refractivity contribution in [2.45, 2.75) is 264 Å². The molecule has 0 saturated carbocycles. The number of aliphatic hydroxyl groups excluding tert-OH is 1. The van der Waals surface area contributed by atoms with Gasteiger partial charge in [-0.15, -0.1) is 0 Å². The number of phosphoric ester groups is 1. The van der Waals surface area contributed by atoms with Gasteiger partial charge in [-0.05, 0) is 57.8 Å². The number of rotatable bonds is 49. The lowest BCUT2D eigenvalue weighted by molar-refractivity contribution is -0.870. The highest BCUT2D eigenvalue weighted by Crippen LogP contribution is 2.38.